The molecule has 0 aliphatic heterocycles. The van der Waals surface area contributed by atoms with Gasteiger partial charge >= 0.3 is 0 Å². The van der Waals surface area contributed by atoms with Gasteiger partial charge in [0, 0.05) is 24.9 Å². The van der Waals surface area contributed by atoms with Gasteiger partial charge in [-0.3, -0.25) is 9.48 Å². The number of hydrogen-bond acceptors (Lipinski definition) is 5. The number of nitrogen functional groups attached to an aromatic ring is 1. The third kappa shape index (κ3) is 6.28. The van der Waals surface area contributed by atoms with Crippen LogP contribution in [0.15, 0.2) is 24.4 Å². The Kier molecular flexibility index (Phi) is 9.66. The Morgan fingerprint density at radius 1 is 1.40 bits per heavy atom. The van der Waals surface area contributed by atoms with Gasteiger partial charge in [-0.1, -0.05) is 11.6 Å². The van der Waals surface area contributed by atoms with Gasteiger partial charge in [0.05, 0.1) is 29.9 Å². The quantitative estimate of drug-likeness (QED) is 0.715. The molecule has 25 heavy (non-hydrogen) atoms. The number of nitrogens with two attached hydrogens (primary N) is 1. The van der Waals surface area contributed by atoms with Crippen molar-refractivity contribution < 1.29 is 9.53 Å². The van der Waals surface area contributed by atoms with Crippen LogP contribution in [0, 0.1) is 0 Å². The number of likely N-dealkylation sites (N-methyl/N-ethyl adjacent to an activating group) is 1. The highest BCUT2D eigenvalue weighted by Gasteiger charge is 2.16. The zero-order valence-corrected chi connectivity index (χ0v) is 16.5. The maximum absolute atomic E-state index is 12.4. The number of carbonyl (C=O) groups is 1. The summed E-state index contributed by atoms with van der Waals surface area (Å²) in [6.45, 7) is 1.59. The number of aromatic nitrogens is 2. The number of methoxy groups -OCH3 is 1. The lowest BCUT2D eigenvalue weighted by Crippen LogP contribution is -2.19. The molecule has 0 spiro atoms. The molecule has 0 aliphatic rings. The van der Waals surface area contributed by atoms with Crippen LogP contribution in [0.4, 0.5) is 11.5 Å². The maximum Gasteiger partial charge on any atom is 0.260 e. The average Bonchev–Trinajstić information content (AvgIpc) is 2.94. The molecule has 10 heteroatoms. The number of nitrogens with zero attached hydrogens (tertiary/aromatic N) is 3. The Labute approximate surface area is 164 Å². The fraction of sp³-hybridized carbons (Fsp3) is 0.333. The van der Waals surface area contributed by atoms with Crippen LogP contribution in [0.3, 0.4) is 0 Å². The van der Waals surface area contributed by atoms with E-state index in [0.29, 0.717) is 27.8 Å². The molecule has 1 aromatic heterocycles. The van der Waals surface area contributed by atoms with E-state index in [-0.39, 0.29) is 30.7 Å². The summed E-state index contributed by atoms with van der Waals surface area (Å²) in [5, 5.41) is 7.33. The summed E-state index contributed by atoms with van der Waals surface area (Å²) in [6, 6.07) is 4.74. The van der Waals surface area contributed by atoms with Crippen molar-refractivity contribution in [3.8, 4) is 5.75 Å². The SMILES string of the molecule is COc1cc(N)c(Cl)cc1C(=O)Nc1ccn(CCN(C)C)n1.Cl.Cl. The lowest BCUT2D eigenvalue weighted by molar-refractivity contribution is 0.102. The molecule has 0 saturated heterocycles. The Hall–Kier alpha value is -1.67. The summed E-state index contributed by atoms with van der Waals surface area (Å²) in [5.41, 5.74) is 6.37. The van der Waals surface area contributed by atoms with Crippen molar-refractivity contribution in [2.24, 2.45) is 0 Å². The van der Waals surface area contributed by atoms with Gasteiger partial charge in [-0.2, -0.15) is 5.10 Å². The highest BCUT2D eigenvalue weighted by atomic mass is 35.5. The molecule has 1 heterocycles. The van der Waals surface area contributed by atoms with Crippen molar-refractivity contribution in [3.63, 3.8) is 0 Å². The van der Waals surface area contributed by atoms with E-state index in [0.717, 1.165) is 13.1 Å². The topological polar surface area (TPSA) is 85.4 Å². The number of amides is 1. The van der Waals surface area contributed by atoms with Gasteiger partial charge < -0.3 is 20.7 Å². The second-order valence-corrected chi connectivity index (χ2v) is 5.70. The second kappa shape index (κ2) is 10.4. The number of anilines is 2. The van der Waals surface area contributed by atoms with Crippen molar-refractivity contribution in [2.45, 2.75) is 6.54 Å². The van der Waals surface area contributed by atoms with E-state index in [2.05, 4.69) is 15.3 Å². The normalized spacial score (nSPS) is 9.96. The molecule has 2 aromatic rings. The van der Waals surface area contributed by atoms with Gasteiger partial charge in [-0.25, -0.2) is 0 Å². The van der Waals surface area contributed by atoms with Crippen LogP contribution < -0.4 is 15.8 Å². The number of hydrogen-bond donors (Lipinski definition) is 2. The van der Waals surface area contributed by atoms with E-state index in [4.69, 9.17) is 22.1 Å². The van der Waals surface area contributed by atoms with Gasteiger partial charge in [0.1, 0.15) is 5.75 Å². The lowest BCUT2D eigenvalue weighted by Gasteiger charge is -2.10. The summed E-state index contributed by atoms with van der Waals surface area (Å²) in [7, 11) is 5.45. The molecule has 140 valence electrons. The first-order chi connectivity index (χ1) is 10.9. The van der Waals surface area contributed by atoms with Crippen molar-refractivity contribution >= 4 is 53.8 Å². The first kappa shape index (κ1) is 23.3. The number of benzene rings is 1. The third-order valence-corrected chi connectivity index (χ3v) is 3.55. The lowest BCUT2D eigenvalue weighted by atomic mass is 10.1. The fourth-order valence-electron chi connectivity index (χ4n) is 1.95. The fourth-order valence-corrected chi connectivity index (χ4v) is 2.12. The first-order valence-electron chi connectivity index (χ1n) is 7.03. The van der Waals surface area contributed by atoms with Gasteiger partial charge in [0.25, 0.3) is 5.91 Å². The summed E-state index contributed by atoms with van der Waals surface area (Å²) < 4.78 is 6.95. The molecule has 1 aromatic carbocycles. The number of nitrogens with one attached hydrogen (secondary N) is 1. The molecule has 0 aliphatic carbocycles. The smallest absolute Gasteiger partial charge is 0.260 e. The Morgan fingerprint density at radius 3 is 2.68 bits per heavy atom. The molecule has 0 atom stereocenters. The number of rotatable bonds is 6. The monoisotopic (exact) mass is 409 g/mol. The summed E-state index contributed by atoms with van der Waals surface area (Å²) in [5.74, 6) is 0.460. The molecule has 0 radical (unpaired) electrons. The number of ether oxygens (including phenoxy) is 1. The van der Waals surface area contributed by atoms with Crippen LogP contribution in [0.1, 0.15) is 10.4 Å². The standard InChI is InChI=1S/C15H20ClN5O2.2ClH/c1-20(2)6-7-21-5-4-14(19-21)18-15(22)10-8-11(16)12(17)9-13(10)23-3;;/h4-5,8-9H,6-7,17H2,1-3H3,(H,18,19,22);2*1H. The van der Waals surface area contributed by atoms with Crippen LogP contribution in [0.5, 0.6) is 5.75 Å². The van der Waals surface area contributed by atoms with Crippen LogP contribution >= 0.6 is 36.4 Å². The number of carbonyl (C=O) groups excluding carboxylic acids is 1. The Morgan fingerprint density at radius 2 is 2.08 bits per heavy atom. The highest BCUT2D eigenvalue weighted by molar-refractivity contribution is 6.33. The number of halogens is 3. The minimum atomic E-state index is -0.360. The van der Waals surface area contributed by atoms with Crippen LogP contribution in [0.2, 0.25) is 5.02 Å². The van der Waals surface area contributed by atoms with Gasteiger partial charge in [0.2, 0.25) is 0 Å². The summed E-state index contributed by atoms with van der Waals surface area (Å²) in [6.07, 6.45) is 1.81. The van der Waals surface area contributed by atoms with Gasteiger partial charge in [-0.05, 0) is 20.2 Å². The molecule has 3 N–H and O–H groups in total. The molecule has 0 bridgehead atoms. The molecule has 0 unspecified atom stereocenters. The molecule has 2 rings (SSSR count). The third-order valence-electron chi connectivity index (χ3n) is 3.22. The van der Waals surface area contributed by atoms with Crippen molar-refractivity contribution in [1.82, 2.24) is 14.7 Å². The molecule has 7 nitrogen and oxygen atoms in total. The second-order valence-electron chi connectivity index (χ2n) is 5.30. The molecular formula is C15H22Cl3N5O2. The molecular weight excluding hydrogens is 389 g/mol. The summed E-state index contributed by atoms with van der Waals surface area (Å²) in [4.78, 5) is 14.4. The van der Waals surface area contributed by atoms with Gasteiger partial charge in [0.15, 0.2) is 5.82 Å². The largest absolute Gasteiger partial charge is 0.496 e. The first-order valence-corrected chi connectivity index (χ1v) is 7.41. The van der Waals surface area contributed by atoms with E-state index < -0.39 is 0 Å². The van der Waals surface area contributed by atoms with E-state index in [1.807, 2.05) is 20.3 Å². The summed E-state index contributed by atoms with van der Waals surface area (Å²) >= 11 is 5.98. The molecule has 0 fully saturated rings. The predicted molar refractivity (Wildman–Crippen MR) is 106 cm³/mol. The average molecular weight is 411 g/mol. The van der Waals surface area contributed by atoms with Crippen molar-refractivity contribution in [1.29, 1.82) is 0 Å². The minimum absolute atomic E-state index is 0. The van der Waals surface area contributed by atoms with E-state index >= 15 is 0 Å². The van der Waals surface area contributed by atoms with Crippen LogP contribution in [-0.2, 0) is 6.54 Å². The highest BCUT2D eigenvalue weighted by Crippen LogP contribution is 2.29. The predicted octanol–water partition coefficient (Wildman–Crippen LogP) is 2.78. The van der Waals surface area contributed by atoms with E-state index in [1.165, 1.54) is 19.2 Å². The maximum atomic E-state index is 12.4. The molecule has 1 amide bonds. The van der Waals surface area contributed by atoms with E-state index in [9.17, 15) is 4.79 Å². The van der Waals surface area contributed by atoms with Crippen molar-refractivity contribution in [2.75, 3.05) is 38.8 Å². The van der Waals surface area contributed by atoms with Crippen LogP contribution in [0.25, 0.3) is 0 Å². The minimum Gasteiger partial charge on any atom is -0.496 e. The molecule has 0 saturated carbocycles. The Bertz CT molecular complexity index is 706. The van der Waals surface area contributed by atoms with Gasteiger partial charge in [-0.15, -0.1) is 24.8 Å². The zero-order chi connectivity index (χ0) is 17.0. The zero-order valence-electron chi connectivity index (χ0n) is 14.2. The Balaban J connectivity index is 0.00000288. The van der Waals surface area contributed by atoms with Crippen LogP contribution in [-0.4, -0.2) is 48.3 Å². The van der Waals surface area contributed by atoms with E-state index in [1.54, 1.807) is 10.7 Å². The van der Waals surface area contributed by atoms with Crippen molar-refractivity contribution in [3.05, 3.63) is 35.0 Å².